The quantitative estimate of drug-likeness (QED) is 0.487. The van der Waals surface area contributed by atoms with Gasteiger partial charge in [0.05, 0.1) is 26.4 Å². The van der Waals surface area contributed by atoms with Gasteiger partial charge in [0.25, 0.3) is 5.91 Å². The molecule has 5 nitrogen and oxygen atoms in total. The van der Waals surface area contributed by atoms with Crippen LogP contribution >= 0.6 is 15.9 Å². The van der Waals surface area contributed by atoms with Crippen molar-refractivity contribution in [2.24, 2.45) is 0 Å². The van der Waals surface area contributed by atoms with Crippen LogP contribution in [0.25, 0.3) is 0 Å². The highest BCUT2D eigenvalue weighted by Gasteiger charge is 2.15. The number of carbonyl (C=O) groups is 1. The predicted molar refractivity (Wildman–Crippen MR) is 111 cm³/mol. The van der Waals surface area contributed by atoms with Crippen LogP contribution in [0.15, 0.2) is 40.9 Å². The zero-order chi connectivity index (χ0) is 19.6. The lowest BCUT2D eigenvalue weighted by Crippen LogP contribution is -2.14. The number of nitrogens with one attached hydrogen (secondary N) is 1. The van der Waals surface area contributed by atoms with E-state index in [1.54, 1.807) is 38.5 Å². The van der Waals surface area contributed by atoms with Gasteiger partial charge in [0.1, 0.15) is 5.75 Å². The summed E-state index contributed by atoms with van der Waals surface area (Å²) in [5, 5.41) is 2.89. The van der Waals surface area contributed by atoms with Gasteiger partial charge in [-0.15, -0.1) is 0 Å². The minimum Gasteiger partial charge on any atom is -0.493 e. The number of halogens is 1. The first-order valence-corrected chi connectivity index (χ1v) is 9.84. The topological polar surface area (TPSA) is 56.8 Å². The normalized spacial score (nSPS) is 10.4. The van der Waals surface area contributed by atoms with Gasteiger partial charge in [0.2, 0.25) is 0 Å². The zero-order valence-corrected chi connectivity index (χ0v) is 17.6. The Bertz CT molecular complexity index is 764. The van der Waals surface area contributed by atoms with E-state index in [1.807, 2.05) is 12.1 Å². The maximum atomic E-state index is 12.8. The lowest BCUT2D eigenvalue weighted by atomic mass is 10.1. The Morgan fingerprint density at radius 2 is 1.70 bits per heavy atom. The Morgan fingerprint density at radius 3 is 2.41 bits per heavy atom. The van der Waals surface area contributed by atoms with Crippen LogP contribution in [0.3, 0.4) is 0 Å². The van der Waals surface area contributed by atoms with E-state index in [-0.39, 0.29) is 5.91 Å². The molecule has 0 radical (unpaired) electrons. The summed E-state index contributed by atoms with van der Waals surface area (Å²) in [6.45, 7) is 2.77. The predicted octanol–water partition coefficient (Wildman–Crippen LogP) is 5.68. The molecule has 0 bridgehead atoms. The second-order valence-electron chi connectivity index (χ2n) is 6.07. The highest BCUT2D eigenvalue weighted by atomic mass is 79.9. The van der Waals surface area contributed by atoms with Gasteiger partial charge in [-0.2, -0.15) is 0 Å². The van der Waals surface area contributed by atoms with E-state index in [4.69, 9.17) is 14.2 Å². The SMILES string of the molecule is CCCCCCOc1ccc(Br)cc1C(=O)Nc1ccc(OC)c(OC)c1. The molecule has 27 heavy (non-hydrogen) atoms. The van der Waals surface area contributed by atoms with Crippen molar-refractivity contribution in [3.05, 3.63) is 46.4 Å². The second-order valence-corrected chi connectivity index (χ2v) is 6.99. The van der Waals surface area contributed by atoms with Crippen molar-refractivity contribution in [1.29, 1.82) is 0 Å². The molecular formula is C21H26BrNO4. The van der Waals surface area contributed by atoms with Crippen molar-refractivity contribution in [1.82, 2.24) is 0 Å². The van der Waals surface area contributed by atoms with Crippen molar-refractivity contribution in [3.63, 3.8) is 0 Å². The molecule has 0 atom stereocenters. The largest absolute Gasteiger partial charge is 0.493 e. The average Bonchev–Trinajstić information content (AvgIpc) is 2.68. The van der Waals surface area contributed by atoms with Crippen LogP contribution in [0.4, 0.5) is 5.69 Å². The summed E-state index contributed by atoms with van der Waals surface area (Å²) in [4.78, 5) is 12.8. The summed E-state index contributed by atoms with van der Waals surface area (Å²) in [7, 11) is 3.13. The first-order valence-electron chi connectivity index (χ1n) is 9.04. The smallest absolute Gasteiger partial charge is 0.259 e. The van der Waals surface area contributed by atoms with Crippen LogP contribution < -0.4 is 19.5 Å². The number of hydrogen-bond donors (Lipinski definition) is 1. The molecule has 0 aliphatic heterocycles. The lowest BCUT2D eigenvalue weighted by molar-refractivity contribution is 0.102. The Morgan fingerprint density at radius 1 is 0.963 bits per heavy atom. The highest BCUT2D eigenvalue weighted by molar-refractivity contribution is 9.10. The van der Waals surface area contributed by atoms with Crippen molar-refractivity contribution < 1.29 is 19.0 Å². The summed E-state index contributed by atoms with van der Waals surface area (Å²) in [6, 6.07) is 10.7. The third kappa shape index (κ3) is 6.17. The molecule has 0 spiro atoms. The maximum absolute atomic E-state index is 12.8. The molecule has 0 unspecified atom stereocenters. The first-order chi connectivity index (χ1) is 13.1. The number of carbonyl (C=O) groups excluding carboxylic acids is 1. The molecule has 0 aliphatic carbocycles. The van der Waals surface area contributed by atoms with E-state index in [2.05, 4.69) is 28.2 Å². The van der Waals surface area contributed by atoms with E-state index in [0.717, 1.165) is 17.3 Å². The van der Waals surface area contributed by atoms with Gasteiger partial charge in [-0.1, -0.05) is 42.1 Å². The number of amides is 1. The summed E-state index contributed by atoms with van der Waals surface area (Å²) in [6.07, 6.45) is 4.47. The third-order valence-corrected chi connectivity index (χ3v) is 4.58. The van der Waals surface area contributed by atoms with Gasteiger partial charge < -0.3 is 19.5 Å². The highest BCUT2D eigenvalue weighted by Crippen LogP contribution is 2.31. The minimum absolute atomic E-state index is 0.243. The van der Waals surface area contributed by atoms with Gasteiger partial charge >= 0.3 is 0 Å². The molecule has 2 aromatic rings. The molecule has 0 aliphatic rings. The molecule has 0 saturated heterocycles. The van der Waals surface area contributed by atoms with Crippen molar-refractivity contribution in [2.75, 3.05) is 26.1 Å². The van der Waals surface area contributed by atoms with E-state index in [0.29, 0.717) is 35.1 Å². The van der Waals surface area contributed by atoms with Crippen molar-refractivity contribution >= 4 is 27.5 Å². The zero-order valence-electron chi connectivity index (χ0n) is 16.0. The molecule has 0 aromatic heterocycles. The maximum Gasteiger partial charge on any atom is 0.259 e. The van der Waals surface area contributed by atoms with Crippen LogP contribution in [0.2, 0.25) is 0 Å². The average molecular weight is 436 g/mol. The second kappa shape index (κ2) is 10.8. The fourth-order valence-corrected chi connectivity index (χ4v) is 2.99. The lowest BCUT2D eigenvalue weighted by Gasteiger charge is -2.14. The van der Waals surface area contributed by atoms with E-state index >= 15 is 0 Å². The number of ether oxygens (including phenoxy) is 3. The van der Waals surface area contributed by atoms with Gasteiger partial charge in [-0.05, 0) is 36.8 Å². The fourth-order valence-electron chi connectivity index (χ4n) is 2.63. The van der Waals surface area contributed by atoms with Crippen molar-refractivity contribution in [2.45, 2.75) is 32.6 Å². The van der Waals surface area contributed by atoms with Crippen LogP contribution in [-0.2, 0) is 0 Å². The first kappa shape index (κ1) is 21.1. The molecule has 0 fully saturated rings. The molecule has 1 N–H and O–H groups in total. The molecule has 0 heterocycles. The Hall–Kier alpha value is -2.21. The molecule has 0 saturated carbocycles. The van der Waals surface area contributed by atoms with E-state index in [1.165, 1.54) is 12.8 Å². The molecule has 2 aromatic carbocycles. The standard InChI is InChI=1S/C21H26BrNO4/c1-4-5-6-7-12-27-18-10-8-15(22)13-17(18)21(24)23-16-9-11-19(25-2)20(14-16)26-3/h8-11,13-14H,4-7,12H2,1-3H3,(H,23,24). The van der Waals surface area contributed by atoms with Gasteiger partial charge in [0.15, 0.2) is 11.5 Å². The number of methoxy groups -OCH3 is 2. The Kier molecular flexibility index (Phi) is 8.45. The monoisotopic (exact) mass is 435 g/mol. The van der Waals surface area contributed by atoms with Gasteiger partial charge in [-0.25, -0.2) is 0 Å². The summed E-state index contributed by atoms with van der Waals surface area (Å²) in [5.41, 5.74) is 1.10. The Balaban J connectivity index is 2.12. The minimum atomic E-state index is -0.243. The molecular weight excluding hydrogens is 410 g/mol. The van der Waals surface area contributed by atoms with Crippen LogP contribution in [-0.4, -0.2) is 26.7 Å². The number of rotatable bonds is 10. The van der Waals surface area contributed by atoms with Crippen LogP contribution in [0.5, 0.6) is 17.2 Å². The van der Waals surface area contributed by atoms with Gasteiger partial charge in [-0.3, -0.25) is 4.79 Å². The summed E-state index contributed by atoms with van der Waals surface area (Å²) in [5.74, 6) is 1.49. The fraction of sp³-hybridized carbons (Fsp3) is 0.381. The molecule has 2 rings (SSSR count). The summed E-state index contributed by atoms with van der Waals surface area (Å²) >= 11 is 3.42. The third-order valence-electron chi connectivity index (χ3n) is 4.08. The molecule has 146 valence electrons. The molecule has 1 amide bonds. The number of anilines is 1. The number of benzene rings is 2. The summed E-state index contributed by atoms with van der Waals surface area (Å²) < 4.78 is 17.2. The van der Waals surface area contributed by atoms with Crippen LogP contribution in [0, 0.1) is 0 Å². The van der Waals surface area contributed by atoms with Gasteiger partial charge in [0, 0.05) is 16.2 Å². The Labute approximate surface area is 169 Å². The van der Waals surface area contributed by atoms with Crippen LogP contribution in [0.1, 0.15) is 43.0 Å². The van der Waals surface area contributed by atoms with E-state index < -0.39 is 0 Å². The van der Waals surface area contributed by atoms with E-state index in [9.17, 15) is 4.79 Å². The molecule has 6 heteroatoms. The van der Waals surface area contributed by atoms with Crippen molar-refractivity contribution in [3.8, 4) is 17.2 Å². The number of unbranched alkanes of at least 4 members (excludes halogenated alkanes) is 3. The number of hydrogen-bond acceptors (Lipinski definition) is 4.